The topological polar surface area (TPSA) is 86.8 Å². The van der Waals surface area contributed by atoms with Crippen LogP contribution in [0.4, 0.5) is 5.69 Å². The third-order valence-corrected chi connectivity index (χ3v) is 8.52. The Balaban J connectivity index is 2.27. The van der Waals surface area contributed by atoms with Crippen molar-refractivity contribution in [2.75, 3.05) is 17.1 Å². The molecule has 0 radical (unpaired) electrons. The minimum atomic E-state index is -3.63. The number of hydrogen-bond acceptors (Lipinski definition) is 4. The standard InChI is InChI=1S/C26H34Cl3N3O4S/c1-6-17(2)30-26(34)19(4)31(16-20-22(28)11-7-12-23(20)29)25(33)14-9-15-32(37(5,35)36)24-13-8-10-21(27)18(24)3/h7-8,10-13,17,19H,6,9,14-16H2,1-5H3,(H,30,34). The highest BCUT2D eigenvalue weighted by Crippen LogP contribution is 2.29. The molecule has 0 spiro atoms. The monoisotopic (exact) mass is 589 g/mol. The maximum atomic E-state index is 13.4. The van der Waals surface area contributed by atoms with Crippen LogP contribution in [0, 0.1) is 6.92 Å². The summed E-state index contributed by atoms with van der Waals surface area (Å²) in [5, 5.41) is 4.14. The summed E-state index contributed by atoms with van der Waals surface area (Å²) in [7, 11) is -3.63. The molecular weight excluding hydrogens is 557 g/mol. The highest BCUT2D eigenvalue weighted by Gasteiger charge is 2.28. The van der Waals surface area contributed by atoms with Gasteiger partial charge in [0.05, 0.1) is 11.9 Å². The maximum Gasteiger partial charge on any atom is 0.242 e. The van der Waals surface area contributed by atoms with Crippen molar-refractivity contribution in [3.63, 3.8) is 0 Å². The molecule has 2 aromatic rings. The molecule has 7 nitrogen and oxygen atoms in total. The molecule has 0 bridgehead atoms. The van der Waals surface area contributed by atoms with Gasteiger partial charge < -0.3 is 10.2 Å². The third kappa shape index (κ3) is 8.50. The minimum Gasteiger partial charge on any atom is -0.352 e. The van der Waals surface area contributed by atoms with Crippen molar-refractivity contribution in [3.8, 4) is 0 Å². The maximum absolute atomic E-state index is 13.4. The Labute approximate surface area is 235 Å². The predicted molar refractivity (Wildman–Crippen MR) is 152 cm³/mol. The number of anilines is 1. The van der Waals surface area contributed by atoms with E-state index in [1.165, 1.54) is 9.21 Å². The third-order valence-electron chi connectivity index (χ3n) is 6.22. The van der Waals surface area contributed by atoms with E-state index in [1.807, 2.05) is 13.8 Å². The zero-order valence-corrected chi connectivity index (χ0v) is 24.8. The molecule has 0 saturated carbocycles. The van der Waals surface area contributed by atoms with Crippen LogP contribution in [0.1, 0.15) is 51.2 Å². The first-order valence-electron chi connectivity index (χ1n) is 12.0. The van der Waals surface area contributed by atoms with Gasteiger partial charge in [0.15, 0.2) is 0 Å². The molecule has 37 heavy (non-hydrogen) atoms. The fourth-order valence-electron chi connectivity index (χ4n) is 3.75. The minimum absolute atomic E-state index is 0.00859. The van der Waals surface area contributed by atoms with E-state index in [4.69, 9.17) is 34.8 Å². The lowest BCUT2D eigenvalue weighted by molar-refractivity contribution is -0.140. The molecule has 204 valence electrons. The summed E-state index contributed by atoms with van der Waals surface area (Å²) in [6, 6.07) is 9.25. The molecule has 2 rings (SSSR count). The van der Waals surface area contributed by atoms with Crippen molar-refractivity contribution in [1.29, 1.82) is 0 Å². The molecule has 0 aliphatic carbocycles. The van der Waals surface area contributed by atoms with Crippen LogP contribution in [-0.4, -0.2) is 50.0 Å². The first-order valence-corrected chi connectivity index (χ1v) is 15.0. The second kappa shape index (κ2) is 13.7. The van der Waals surface area contributed by atoms with Crippen molar-refractivity contribution in [3.05, 3.63) is 62.6 Å². The molecule has 0 heterocycles. The number of sulfonamides is 1. The smallest absolute Gasteiger partial charge is 0.242 e. The van der Waals surface area contributed by atoms with Gasteiger partial charge in [-0.25, -0.2) is 8.42 Å². The Morgan fingerprint density at radius 3 is 2.14 bits per heavy atom. The van der Waals surface area contributed by atoms with E-state index in [0.717, 1.165) is 12.7 Å². The van der Waals surface area contributed by atoms with E-state index >= 15 is 0 Å². The molecule has 2 amide bonds. The SMILES string of the molecule is CCC(C)NC(=O)C(C)N(Cc1c(Cl)cccc1Cl)C(=O)CCCN(c1cccc(Cl)c1C)S(C)(=O)=O. The van der Waals surface area contributed by atoms with Crippen LogP contribution in [0.25, 0.3) is 0 Å². The zero-order valence-electron chi connectivity index (χ0n) is 21.7. The van der Waals surface area contributed by atoms with Gasteiger partial charge in [-0.05, 0) is 63.4 Å². The normalized spacial score (nSPS) is 13.1. The highest BCUT2D eigenvalue weighted by molar-refractivity contribution is 7.92. The molecule has 2 aromatic carbocycles. The lowest BCUT2D eigenvalue weighted by Crippen LogP contribution is -2.49. The Morgan fingerprint density at radius 2 is 1.57 bits per heavy atom. The average Bonchev–Trinajstić information content (AvgIpc) is 2.82. The van der Waals surface area contributed by atoms with Crippen molar-refractivity contribution in [2.24, 2.45) is 0 Å². The van der Waals surface area contributed by atoms with E-state index in [2.05, 4.69) is 5.32 Å². The molecule has 0 fully saturated rings. The van der Waals surface area contributed by atoms with E-state index in [-0.39, 0.29) is 43.8 Å². The largest absolute Gasteiger partial charge is 0.352 e. The van der Waals surface area contributed by atoms with E-state index in [1.54, 1.807) is 50.2 Å². The number of halogens is 3. The van der Waals surface area contributed by atoms with Gasteiger partial charge in [0.25, 0.3) is 0 Å². The van der Waals surface area contributed by atoms with Crippen LogP contribution in [0.3, 0.4) is 0 Å². The Morgan fingerprint density at radius 1 is 1.00 bits per heavy atom. The van der Waals surface area contributed by atoms with Gasteiger partial charge in [0.1, 0.15) is 6.04 Å². The Kier molecular flexibility index (Phi) is 11.6. The average molecular weight is 591 g/mol. The molecular formula is C26H34Cl3N3O4S. The number of carbonyl (C=O) groups is 2. The van der Waals surface area contributed by atoms with Gasteiger partial charge in [-0.15, -0.1) is 0 Å². The molecule has 0 aromatic heterocycles. The molecule has 2 atom stereocenters. The zero-order chi connectivity index (χ0) is 27.9. The van der Waals surface area contributed by atoms with Crippen molar-refractivity contribution in [2.45, 2.75) is 65.6 Å². The van der Waals surface area contributed by atoms with Gasteiger partial charge in [-0.3, -0.25) is 13.9 Å². The quantitative estimate of drug-likeness (QED) is 0.337. The van der Waals surface area contributed by atoms with Gasteiger partial charge in [0, 0.05) is 46.2 Å². The van der Waals surface area contributed by atoms with E-state index in [9.17, 15) is 18.0 Å². The number of carbonyl (C=O) groups excluding carboxylic acids is 2. The molecule has 0 aliphatic heterocycles. The summed E-state index contributed by atoms with van der Waals surface area (Å²) in [5.41, 5.74) is 1.63. The number of amides is 2. The molecule has 11 heteroatoms. The highest BCUT2D eigenvalue weighted by atomic mass is 35.5. The van der Waals surface area contributed by atoms with Crippen LogP contribution in [0.5, 0.6) is 0 Å². The van der Waals surface area contributed by atoms with Crippen LogP contribution in [0.15, 0.2) is 36.4 Å². The number of rotatable bonds is 12. The second-order valence-electron chi connectivity index (χ2n) is 9.04. The summed E-state index contributed by atoms with van der Waals surface area (Å²) < 4.78 is 26.4. The Hall–Kier alpha value is -2.00. The number of benzene rings is 2. The van der Waals surface area contributed by atoms with Crippen LogP contribution >= 0.6 is 34.8 Å². The Bertz CT molecular complexity index is 1200. The predicted octanol–water partition coefficient (Wildman–Crippen LogP) is 5.83. The van der Waals surface area contributed by atoms with Crippen molar-refractivity contribution < 1.29 is 18.0 Å². The lowest BCUT2D eigenvalue weighted by Gasteiger charge is -2.31. The van der Waals surface area contributed by atoms with Crippen LogP contribution in [0.2, 0.25) is 15.1 Å². The number of nitrogens with zero attached hydrogens (tertiary/aromatic N) is 2. The van der Waals surface area contributed by atoms with E-state index in [0.29, 0.717) is 31.9 Å². The van der Waals surface area contributed by atoms with Crippen molar-refractivity contribution >= 4 is 62.3 Å². The van der Waals surface area contributed by atoms with Gasteiger partial charge in [0.2, 0.25) is 21.8 Å². The summed E-state index contributed by atoms with van der Waals surface area (Å²) in [6.07, 6.45) is 2.09. The fraction of sp³-hybridized carbons (Fsp3) is 0.462. The van der Waals surface area contributed by atoms with E-state index < -0.39 is 16.1 Å². The van der Waals surface area contributed by atoms with Gasteiger partial charge in [-0.1, -0.05) is 53.9 Å². The lowest BCUT2D eigenvalue weighted by atomic mass is 10.1. The summed E-state index contributed by atoms with van der Waals surface area (Å²) in [5.74, 6) is -0.614. The fourth-order valence-corrected chi connectivity index (χ4v) is 5.45. The summed E-state index contributed by atoms with van der Waals surface area (Å²) >= 11 is 18.9. The molecule has 1 N–H and O–H groups in total. The molecule has 0 saturated heterocycles. The second-order valence-corrected chi connectivity index (χ2v) is 12.2. The first-order chi connectivity index (χ1) is 17.3. The summed E-state index contributed by atoms with van der Waals surface area (Å²) in [4.78, 5) is 27.8. The first kappa shape index (κ1) is 31.2. The number of nitrogens with one attached hydrogen (secondary N) is 1. The van der Waals surface area contributed by atoms with Crippen LogP contribution < -0.4 is 9.62 Å². The number of hydrogen-bond donors (Lipinski definition) is 1. The molecule has 2 unspecified atom stereocenters. The van der Waals surface area contributed by atoms with Gasteiger partial charge >= 0.3 is 0 Å². The van der Waals surface area contributed by atoms with Crippen molar-refractivity contribution in [1.82, 2.24) is 10.2 Å². The van der Waals surface area contributed by atoms with Crippen LogP contribution in [-0.2, 0) is 26.2 Å². The summed E-state index contributed by atoms with van der Waals surface area (Å²) in [6.45, 7) is 7.35. The van der Waals surface area contributed by atoms with Gasteiger partial charge in [-0.2, -0.15) is 0 Å². The molecule has 0 aliphatic rings.